The molecule has 0 N–H and O–H groups in total. The Kier molecular flexibility index (Phi) is 6.96. The molecule has 0 amide bonds. The fourth-order valence-electron chi connectivity index (χ4n) is 3.46. The first-order chi connectivity index (χ1) is 16.4. The molecule has 0 bridgehead atoms. The third-order valence-electron chi connectivity index (χ3n) is 5.08. The van der Waals surface area contributed by atoms with Gasteiger partial charge in [0.1, 0.15) is 11.5 Å². The lowest BCUT2D eigenvalue weighted by atomic mass is 10.1. The normalized spacial score (nSPS) is 11.1. The van der Waals surface area contributed by atoms with Crippen LogP contribution >= 0.6 is 0 Å². The summed E-state index contributed by atoms with van der Waals surface area (Å²) in [6.07, 6.45) is 1.76. The van der Waals surface area contributed by atoms with Gasteiger partial charge in [-0.25, -0.2) is 0 Å². The minimum Gasteiger partial charge on any atom is -0.435 e. The van der Waals surface area contributed by atoms with Crippen LogP contribution in [-0.4, -0.2) is 23.0 Å². The first-order valence-corrected chi connectivity index (χ1v) is 10.3. The molecule has 3 aromatic carbocycles. The SMILES string of the molecule is C=Cc1ccc(Cn2nc(-c3ccc(OC(F)F)cc3)cc2-c2ccc(OC(F)F)cc2)cc1. The summed E-state index contributed by atoms with van der Waals surface area (Å²) >= 11 is 0. The Bertz CT molecular complexity index is 1240. The molecule has 0 saturated carbocycles. The second-order valence-electron chi connectivity index (χ2n) is 7.32. The maximum atomic E-state index is 12.5. The van der Waals surface area contributed by atoms with Crippen molar-refractivity contribution in [1.82, 2.24) is 9.78 Å². The van der Waals surface area contributed by atoms with E-state index in [0.717, 1.165) is 22.4 Å². The molecular formula is C26H20F4N2O2. The Morgan fingerprint density at radius 3 is 1.79 bits per heavy atom. The molecule has 1 heterocycles. The summed E-state index contributed by atoms with van der Waals surface area (Å²) in [5, 5.41) is 4.71. The highest BCUT2D eigenvalue weighted by atomic mass is 19.3. The quantitative estimate of drug-likeness (QED) is 0.246. The third-order valence-corrected chi connectivity index (χ3v) is 5.08. The number of benzene rings is 3. The highest BCUT2D eigenvalue weighted by Gasteiger charge is 2.14. The Morgan fingerprint density at radius 2 is 1.29 bits per heavy atom. The van der Waals surface area contributed by atoms with E-state index in [-0.39, 0.29) is 11.5 Å². The number of halogens is 4. The fraction of sp³-hybridized carbons (Fsp3) is 0.115. The summed E-state index contributed by atoms with van der Waals surface area (Å²) < 4.78 is 60.5. The van der Waals surface area contributed by atoms with Crippen LogP contribution in [0.15, 0.2) is 85.4 Å². The van der Waals surface area contributed by atoms with Gasteiger partial charge < -0.3 is 9.47 Å². The second-order valence-corrected chi connectivity index (χ2v) is 7.32. The molecule has 34 heavy (non-hydrogen) atoms. The first-order valence-electron chi connectivity index (χ1n) is 10.3. The third kappa shape index (κ3) is 5.64. The van der Waals surface area contributed by atoms with Crippen molar-refractivity contribution in [2.45, 2.75) is 19.8 Å². The summed E-state index contributed by atoms with van der Waals surface area (Å²) in [5.41, 5.74) is 4.82. The number of hydrogen-bond donors (Lipinski definition) is 0. The van der Waals surface area contributed by atoms with Crippen LogP contribution in [0.25, 0.3) is 28.6 Å². The molecule has 0 atom stereocenters. The van der Waals surface area contributed by atoms with Gasteiger partial charge in [-0.05, 0) is 65.7 Å². The highest BCUT2D eigenvalue weighted by molar-refractivity contribution is 5.69. The van der Waals surface area contributed by atoms with Crippen molar-refractivity contribution in [3.05, 3.63) is 96.6 Å². The average Bonchev–Trinajstić information content (AvgIpc) is 3.23. The predicted octanol–water partition coefficient (Wildman–Crippen LogP) is 7.11. The van der Waals surface area contributed by atoms with Crippen molar-refractivity contribution in [3.8, 4) is 34.0 Å². The van der Waals surface area contributed by atoms with Gasteiger partial charge in [0.2, 0.25) is 0 Å². The molecule has 0 aliphatic heterocycles. The van der Waals surface area contributed by atoms with Gasteiger partial charge in [0.05, 0.1) is 17.9 Å². The van der Waals surface area contributed by atoms with Crippen molar-refractivity contribution < 1.29 is 27.0 Å². The molecule has 8 heteroatoms. The number of rotatable bonds is 9. The van der Waals surface area contributed by atoms with Crippen molar-refractivity contribution >= 4 is 6.08 Å². The smallest absolute Gasteiger partial charge is 0.387 e. The summed E-state index contributed by atoms with van der Waals surface area (Å²) in [6.45, 7) is -1.60. The Labute approximate surface area is 193 Å². The average molecular weight is 468 g/mol. The Balaban J connectivity index is 1.68. The zero-order chi connectivity index (χ0) is 24.1. The fourth-order valence-corrected chi connectivity index (χ4v) is 3.46. The van der Waals surface area contributed by atoms with Crippen molar-refractivity contribution in [2.75, 3.05) is 0 Å². The molecule has 4 nitrogen and oxygen atoms in total. The number of aromatic nitrogens is 2. The largest absolute Gasteiger partial charge is 0.435 e. The molecule has 1 aromatic heterocycles. The molecule has 0 radical (unpaired) electrons. The number of hydrogen-bond acceptors (Lipinski definition) is 3. The van der Waals surface area contributed by atoms with Gasteiger partial charge in [-0.15, -0.1) is 0 Å². The molecule has 0 aliphatic carbocycles. The summed E-state index contributed by atoms with van der Waals surface area (Å²) in [4.78, 5) is 0. The maximum absolute atomic E-state index is 12.5. The molecule has 4 rings (SSSR count). The van der Waals surface area contributed by atoms with Crippen LogP contribution < -0.4 is 9.47 Å². The molecular weight excluding hydrogens is 448 g/mol. The topological polar surface area (TPSA) is 36.3 Å². The van der Waals surface area contributed by atoms with Gasteiger partial charge in [0.25, 0.3) is 0 Å². The maximum Gasteiger partial charge on any atom is 0.387 e. The molecule has 174 valence electrons. The molecule has 0 fully saturated rings. The van der Waals surface area contributed by atoms with Crippen LogP contribution in [0.3, 0.4) is 0 Å². The minimum atomic E-state index is -2.90. The number of ether oxygens (including phenoxy) is 2. The second kappa shape index (κ2) is 10.2. The van der Waals surface area contributed by atoms with E-state index in [1.807, 2.05) is 30.3 Å². The van der Waals surface area contributed by atoms with Crippen LogP contribution in [0.5, 0.6) is 11.5 Å². The van der Waals surface area contributed by atoms with Crippen molar-refractivity contribution in [3.63, 3.8) is 0 Å². The van der Waals surface area contributed by atoms with E-state index in [2.05, 4.69) is 16.1 Å². The number of alkyl halides is 4. The minimum absolute atomic E-state index is 0.0512. The van der Waals surface area contributed by atoms with E-state index in [1.54, 1.807) is 35.0 Å². The van der Waals surface area contributed by atoms with Gasteiger partial charge in [0, 0.05) is 11.1 Å². The van der Waals surface area contributed by atoms with Crippen LogP contribution in [-0.2, 0) is 6.54 Å². The Morgan fingerprint density at radius 1 is 0.765 bits per heavy atom. The number of nitrogens with zero attached hydrogens (tertiary/aromatic N) is 2. The lowest BCUT2D eigenvalue weighted by molar-refractivity contribution is -0.0505. The van der Waals surface area contributed by atoms with Crippen molar-refractivity contribution in [2.24, 2.45) is 0 Å². The molecule has 0 spiro atoms. The zero-order valence-electron chi connectivity index (χ0n) is 17.9. The highest BCUT2D eigenvalue weighted by Crippen LogP contribution is 2.30. The van der Waals surface area contributed by atoms with E-state index < -0.39 is 13.2 Å². The molecule has 0 aliphatic rings. The lowest BCUT2D eigenvalue weighted by Gasteiger charge is -2.09. The molecule has 4 aromatic rings. The van der Waals surface area contributed by atoms with Crippen molar-refractivity contribution in [1.29, 1.82) is 0 Å². The van der Waals surface area contributed by atoms with Gasteiger partial charge in [0.15, 0.2) is 0 Å². The standard InChI is InChI=1S/C26H20F4N2O2/c1-2-17-3-5-18(6-4-17)16-32-24(20-9-13-22(14-10-20)34-26(29)30)15-23(31-32)19-7-11-21(12-8-19)33-25(27)28/h2-15,25-26H,1,16H2. The summed E-state index contributed by atoms with van der Waals surface area (Å²) in [5.74, 6) is 0.106. The van der Waals surface area contributed by atoms with Gasteiger partial charge in [-0.3, -0.25) is 4.68 Å². The zero-order valence-corrected chi connectivity index (χ0v) is 17.9. The first kappa shape index (κ1) is 23.1. The van der Waals surface area contributed by atoms with Gasteiger partial charge in [-0.2, -0.15) is 22.7 Å². The van der Waals surface area contributed by atoms with Crippen LogP contribution in [0.4, 0.5) is 17.6 Å². The van der Waals surface area contributed by atoms with Crippen LogP contribution in [0, 0.1) is 0 Å². The van der Waals surface area contributed by atoms with Gasteiger partial charge >= 0.3 is 13.2 Å². The monoisotopic (exact) mass is 468 g/mol. The molecule has 0 saturated heterocycles. The van der Waals surface area contributed by atoms with E-state index in [0.29, 0.717) is 17.8 Å². The van der Waals surface area contributed by atoms with Crippen LogP contribution in [0.1, 0.15) is 11.1 Å². The van der Waals surface area contributed by atoms with Gasteiger partial charge in [-0.1, -0.05) is 36.9 Å². The Hall–Kier alpha value is -4.07. The summed E-state index contributed by atoms with van der Waals surface area (Å²) in [6, 6.07) is 22.2. The van der Waals surface area contributed by atoms with E-state index in [4.69, 9.17) is 5.10 Å². The lowest BCUT2D eigenvalue weighted by Crippen LogP contribution is -2.04. The summed E-state index contributed by atoms with van der Waals surface area (Å²) in [7, 11) is 0. The van der Waals surface area contributed by atoms with E-state index in [1.165, 1.54) is 24.3 Å². The van der Waals surface area contributed by atoms with E-state index in [9.17, 15) is 17.6 Å². The van der Waals surface area contributed by atoms with E-state index >= 15 is 0 Å². The van der Waals surface area contributed by atoms with Crippen LogP contribution in [0.2, 0.25) is 0 Å². The molecule has 0 unspecified atom stereocenters. The predicted molar refractivity (Wildman–Crippen MR) is 122 cm³/mol.